The quantitative estimate of drug-likeness (QED) is 0.0403. The Balaban J connectivity index is 0.754. The lowest BCUT2D eigenvalue weighted by molar-refractivity contribution is -0.201. The number of Topliss-reactive ketones (excluding diaryl/α,β-unsaturated/α-hetero) is 1. The number of hydrogen-bond donors (Lipinski definition) is 9. The molecule has 0 radical (unpaired) electrons. The van der Waals surface area contributed by atoms with Crippen LogP contribution in [0.3, 0.4) is 0 Å². The minimum absolute atomic E-state index is 0.0271. The maximum absolute atomic E-state index is 14.1. The lowest BCUT2D eigenvalue weighted by Gasteiger charge is -2.59. The highest BCUT2D eigenvalue weighted by molar-refractivity contribution is 6.12. The number of carbonyl (C=O) groups is 9. The Labute approximate surface area is 498 Å². The van der Waals surface area contributed by atoms with Crippen LogP contribution in [0.1, 0.15) is 120 Å². The van der Waals surface area contributed by atoms with Gasteiger partial charge in [0.05, 0.1) is 18.8 Å². The average molecular weight is 1190 g/mol. The van der Waals surface area contributed by atoms with E-state index in [4.69, 9.17) is 19.9 Å². The van der Waals surface area contributed by atoms with Crippen molar-refractivity contribution in [3.63, 3.8) is 0 Å². The van der Waals surface area contributed by atoms with Crippen molar-refractivity contribution in [3.8, 4) is 0 Å². The summed E-state index contributed by atoms with van der Waals surface area (Å²) in [6.07, 6.45) is 12.4. The summed E-state index contributed by atoms with van der Waals surface area (Å²) in [6.45, 7) is 7.03. The van der Waals surface area contributed by atoms with E-state index in [0.29, 0.717) is 66.7 Å². The monoisotopic (exact) mass is 1190 g/mol. The molecule has 23 heteroatoms. The summed E-state index contributed by atoms with van der Waals surface area (Å²) in [5, 5.41) is 46.3. The van der Waals surface area contributed by atoms with Crippen molar-refractivity contribution in [2.45, 2.75) is 148 Å². The Morgan fingerprint density at radius 1 is 0.884 bits per heavy atom. The standard InChI is InChI=1S/C63H78N8O15/c1-36(2)55(69-51(77)10-6-5-7-25-71-52(78)19-20-53(71)79)57(81)67-47(9-8-24-65-59(64)82)56(80)66-42-15-11-37(12-16-42)35-84-60(83)68-46-18-13-38(27-40(46)33-72)31-70-26-22-39(32-70)58-85-50-29-45-44-17-14-41-28-43(74)21-23-61(41,3)54(44)48(75)30-62(45,4)63(50,86-58)49(76)34-73/h11-13,15-16,18-23,26-28,32,36,44-45,47-48,50,54-55,58,72-73,75H,5-10,14,17,24-25,29-31,33-35H2,1-4H3,(H,66,80)(H,67,81)(H,68,83)(H,69,77)(H3,64,65,82)/t44-,45-,47-,48-,50+,54+,55-,58+,61-,62-,63+/m0/s1. The molecule has 9 rings (SSSR count). The van der Waals surface area contributed by atoms with Crippen molar-refractivity contribution in [2.75, 3.05) is 30.3 Å². The van der Waals surface area contributed by atoms with Crippen LogP contribution in [0.2, 0.25) is 0 Å². The number of nitrogens with one attached hydrogen (secondary N) is 5. The maximum atomic E-state index is 14.1. The van der Waals surface area contributed by atoms with Crippen molar-refractivity contribution in [3.05, 3.63) is 119 Å². The number of aliphatic hydroxyl groups is 3. The van der Waals surface area contributed by atoms with Crippen LogP contribution < -0.4 is 32.3 Å². The number of ether oxygens (including phenoxy) is 3. The number of amides is 8. The van der Waals surface area contributed by atoms with Crippen LogP contribution in [-0.4, -0.2) is 128 Å². The summed E-state index contributed by atoms with van der Waals surface area (Å²) in [5.74, 6) is -3.32. The molecule has 6 aliphatic rings. The molecule has 86 heavy (non-hydrogen) atoms. The van der Waals surface area contributed by atoms with E-state index in [1.54, 1.807) is 68.5 Å². The van der Waals surface area contributed by atoms with Crippen LogP contribution >= 0.6 is 0 Å². The zero-order valence-electron chi connectivity index (χ0n) is 48.9. The number of aromatic nitrogens is 1. The lowest BCUT2D eigenvalue weighted by atomic mass is 9.46. The Hall–Kier alpha value is -7.83. The van der Waals surface area contributed by atoms with Crippen LogP contribution in [0.25, 0.3) is 0 Å². The normalized spacial score (nSPS) is 26.9. The smallest absolute Gasteiger partial charge is 0.411 e. The second-order valence-electron chi connectivity index (χ2n) is 24.2. The van der Waals surface area contributed by atoms with Gasteiger partial charge in [-0.15, -0.1) is 0 Å². The van der Waals surface area contributed by atoms with Gasteiger partial charge in [0.2, 0.25) is 17.7 Å². The van der Waals surface area contributed by atoms with E-state index in [9.17, 15) is 58.5 Å². The number of nitrogens with two attached hydrogens (primary N) is 1. The molecule has 4 fully saturated rings. The number of fused-ring (bicyclic) bond motifs is 7. The molecular weight excluding hydrogens is 1110 g/mol. The van der Waals surface area contributed by atoms with E-state index in [1.807, 2.05) is 36.0 Å². The molecule has 10 N–H and O–H groups in total. The number of rotatable bonds is 25. The molecule has 1 aromatic heterocycles. The number of allylic oxidation sites excluding steroid dienone is 4. The van der Waals surface area contributed by atoms with Gasteiger partial charge in [-0.3, -0.25) is 43.8 Å². The number of unbranched alkanes of at least 4 members (excludes halogenated alkanes) is 2. The lowest BCUT2D eigenvalue weighted by Crippen LogP contribution is -2.63. The molecule has 4 aliphatic carbocycles. The summed E-state index contributed by atoms with van der Waals surface area (Å²) >= 11 is 0. The zero-order valence-corrected chi connectivity index (χ0v) is 48.9. The molecule has 1 saturated heterocycles. The molecule has 0 bridgehead atoms. The van der Waals surface area contributed by atoms with Crippen molar-refractivity contribution in [2.24, 2.45) is 40.2 Å². The van der Waals surface area contributed by atoms with Gasteiger partial charge in [-0.25, -0.2) is 9.59 Å². The topological polar surface area (TPSA) is 336 Å². The van der Waals surface area contributed by atoms with Gasteiger partial charge in [-0.05, 0) is 123 Å². The van der Waals surface area contributed by atoms with Gasteiger partial charge < -0.3 is 61.1 Å². The molecule has 11 atom stereocenters. The van der Waals surface area contributed by atoms with Crippen LogP contribution in [0.15, 0.2) is 96.9 Å². The van der Waals surface area contributed by atoms with E-state index in [0.717, 1.165) is 22.5 Å². The van der Waals surface area contributed by atoms with Crippen LogP contribution in [-0.2, 0) is 67.5 Å². The highest BCUT2D eigenvalue weighted by Crippen LogP contribution is 2.70. The molecule has 2 aliphatic heterocycles. The first kappa shape index (κ1) is 62.7. The summed E-state index contributed by atoms with van der Waals surface area (Å²) in [7, 11) is 0. The second kappa shape index (κ2) is 26.4. The van der Waals surface area contributed by atoms with Gasteiger partial charge in [-0.2, -0.15) is 0 Å². The zero-order chi connectivity index (χ0) is 61.7. The molecule has 0 unspecified atom stereocenters. The van der Waals surface area contributed by atoms with E-state index in [2.05, 4.69) is 33.5 Å². The Morgan fingerprint density at radius 2 is 1.63 bits per heavy atom. The number of benzene rings is 2. The number of ketones is 2. The number of primary amides is 1. The van der Waals surface area contributed by atoms with Crippen molar-refractivity contribution >= 4 is 64.6 Å². The fraction of sp³-hybridized carbons (Fsp3) is 0.508. The molecule has 2 aromatic carbocycles. The molecule has 3 saturated carbocycles. The Kier molecular flexibility index (Phi) is 19.3. The third-order valence-electron chi connectivity index (χ3n) is 18.4. The summed E-state index contributed by atoms with van der Waals surface area (Å²) in [5.41, 5.74) is 6.56. The summed E-state index contributed by atoms with van der Waals surface area (Å²) < 4.78 is 20.8. The van der Waals surface area contributed by atoms with Crippen LogP contribution in [0, 0.1) is 34.5 Å². The minimum Gasteiger partial charge on any atom is -0.444 e. The van der Waals surface area contributed by atoms with Gasteiger partial charge in [0, 0.05) is 89.9 Å². The minimum atomic E-state index is -1.50. The first-order valence-corrected chi connectivity index (χ1v) is 29.6. The van der Waals surface area contributed by atoms with Crippen molar-refractivity contribution in [1.82, 2.24) is 25.4 Å². The number of nitrogens with zero attached hydrogens (tertiary/aromatic N) is 2. The summed E-state index contributed by atoms with van der Waals surface area (Å²) in [6, 6.07) is 10.7. The largest absolute Gasteiger partial charge is 0.444 e. The van der Waals surface area contributed by atoms with Crippen LogP contribution in [0.5, 0.6) is 0 Å². The number of imide groups is 1. The van der Waals surface area contributed by atoms with Crippen LogP contribution in [0.4, 0.5) is 21.0 Å². The molecule has 0 spiro atoms. The van der Waals surface area contributed by atoms with Gasteiger partial charge in [0.1, 0.15) is 25.3 Å². The molecule has 8 amide bonds. The third-order valence-corrected chi connectivity index (χ3v) is 18.4. The number of anilines is 2. The Morgan fingerprint density at radius 3 is 2.34 bits per heavy atom. The van der Waals surface area contributed by atoms with Gasteiger partial charge in [-0.1, -0.05) is 64.0 Å². The first-order chi connectivity index (χ1) is 41.1. The molecule has 3 aromatic rings. The van der Waals surface area contributed by atoms with Crippen molar-refractivity contribution < 1.29 is 72.7 Å². The molecule has 3 heterocycles. The number of carbonyl (C=O) groups excluding carboxylic acids is 9. The number of urea groups is 1. The molecule has 23 nitrogen and oxygen atoms in total. The van der Waals surface area contributed by atoms with Gasteiger partial charge in [0.25, 0.3) is 11.8 Å². The third kappa shape index (κ3) is 13.1. The first-order valence-electron chi connectivity index (χ1n) is 29.6. The number of hydrogen-bond acceptors (Lipinski definition) is 15. The predicted octanol–water partition coefficient (Wildman–Crippen LogP) is 4.88. The second-order valence-corrected chi connectivity index (χ2v) is 24.2. The van der Waals surface area contributed by atoms with Crippen molar-refractivity contribution in [1.29, 1.82) is 0 Å². The number of aliphatic hydroxyl groups excluding tert-OH is 3. The molecule has 460 valence electrons. The van der Waals surface area contributed by atoms with E-state index in [1.165, 1.54) is 12.2 Å². The SMILES string of the molecule is CC(C)[C@H](NC(=O)CCCCCN1C(=O)C=CC1=O)C(=O)N[C@@H](CCCNC(N)=O)C(=O)Nc1ccc(COC(=O)Nc2ccc(Cn3ccc([C@@H]4O[C@@H]5C[C@H]6[C@@H]7CCC8=CC(=O)C=C[C@]8(C)[C@H]7[C@@H](O)C[C@]6(C)[C@]5(C(=O)CO)O4)c3)cc2CO)cc1. The van der Waals surface area contributed by atoms with E-state index < -0.39 is 89.9 Å². The van der Waals surface area contributed by atoms with Gasteiger partial charge in [0.15, 0.2) is 23.5 Å². The average Bonchev–Trinajstić information content (AvgIpc) is 1.48. The predicted molar refractivity (Wildman–Crippen MR) is 312 cm³/mol. The Bertz CT molecular complexity index is 3190. The fourth-order valence-corrected chi connectivity index (χ4v) is 14.2. The fourth-order valence-electron chi connectivity index (χ4n) is 14.2. The highest BCUT2D eigenvalue weighted by Gasteiger charge is 2.76. The highest BCUT2D eigenvalue weighted by atomic mass is 16.7. The maximum Gasteiger partial charge on any atom is 0.411 e. The van der Waals surface area contributed by atoms with Gasteiger partial charge >= 0.3 is 12.1 Å². The van der Waals surface area contributed by atoms with E-state index >= 15 is 0 Å². The summed E-state index contributed by atoms with van der Waals surface area (Å²) in [4.78, 5) is 116. The molecular formula is C63H78N8O15. The van der Waals surface area contributed by atoms with E-state index in [-0.39, 0.29) is 92.6 Å².